The third-order valence-electron chi connectivity index (χ3n) is 2.90. The van der Waals surface area contributed by atoms with Crippen molar-refractivity contribution in [1.82, 2.24) is 9.97 Å². The summed E-state index contributed by atoms with van der Waals surface area (Å²) in [4.78, 5) is 8.60. The molecule has 104 valence electrons. The summed E-state index contributed by atoms with van der Waals surface area (Å²) in [6.45, 7) is 2.03. The van der Waals surface area contributed by atoms with Crippen molar-refractivity contribution < 1.29 is 4.74 Å². The number of anilines is 1. The molecule has 0 saturated carbocycles. The summed E-state index contributed by atoms with van der Waals surface area (Å²) in [5.41, 5.74) is 7.24. The Bertz CT molecular complexity index is 600. The first-order chi connectivity index (χ1) is 9.61. The van der Waals surface area contributed by atoms with Crippen LogP contribution >= 0.6 is 12.2 Å². The quantitative estimate of drug-likeness (QED) is 0.822. The van der Waals surface area contributed by atoms with Gasteiger partial charge in [-0.25, -0.2) is 9.97 Å². The molecule has 1 unspecified atom stereocenters. The molecule has 0 radical (unpaired) electrons. The van der Waals surface area contributed by atoms with Gasteiger partial charge in [-0.2, -0.15) is 0 Å². The van der Waals surface area contributed by atoms with Crippen molar-refractivity contribution in [2.45, 2.75) is 13.0 Å². The van der Waals surface area contributed by atoms with Gasteiger partial charge in [-0.15, -0.1) is 0 Å². The third-order valence-corrected chi connectivity index (χ3v) is 3.09. The number of hydrogen-bond donors (Lipinski definition) is 2. The smallest absolute Gasteiger partial charge is 0.155 e. The van der Waals surface area contributed by atoms with Gasteiger partial charge in [-0.05, 0) is 24.6 Å². The lowest BCUT2D eigenvalue weighted by atomic mass is 10.1. The average molecular weight is 288 g/mol. The molecule has 1 aromatic carbocycles. The second kappa shape index (κ2) is 6.29. The Morgan fingerprint density at radius 2 is 1.90 bits per heavy atom. The SMILES string of the molecule is COc1ccc(C(C)Nc2nccnc2C(N)=S)cc1. The van der Waals surface area contributed by atoms with Crippen molar-refractivity contribution in [3.63, 3.8) is 0 Å². The zero-order chi connectivity index (χ0) is 14.5. The molecule has 0 bridgehead atoms. The fraction of sp³-hybridized carbons (Fsp3) is 0.214. The minimum Gasteiger partial charge on any atom is -0.497 e. The lowest BCUT2D eigenvalue weighted by Gasteiger charge is -2.16. The van der Waals surface area contributed by atoms with Crippen molar-refractivity contribution in [1.29, 1.82) is 0 Å². The van der Waals surface area contributed by atoms with E-state index in [0.717, 1.165) is 11.3 Å². The lowest BCUT2D eigenvalue weighted by Crippen LogP contribution is -2.17. The first-order valence-corrected chi connectivity index (χ1v) is 6.54. The van der Waals surface area contributed by atoms with Crippen molar-refractivity contribution in [2.75, 3.05) is 12.4 Å². The van der Waals surface area contributed by atoms with Gasteiger partial charge >= 0.3 is 0 Å². The Labute approximate surface area is 123 Å². The minimum absolute atomic E-state index is 0.0470. The Balaban J connectivity index is 2.18. The van der Waals surface area contributed by atoms with Gasteiger partial charge in [-0.1, -0.05) is 24.4 Å². The van der Waals surface area contributed by atoms with Crippen LogP contribution in [0.25, 0.3) is 0 Å². The molecule has 2 rings (SSSR count). The van der Waals surface area contributed by atoms with Gasteiger partial charge in [0.1, 0.15) is 16.4 Å². The fourth-order valence-corrected chi connectivity index (χ4v) is 1.95. The number of thiocarbonyl (C=S) groups is 1. The molecule has 0 aliphatic rings. The zero-order valence-electron chi connectivity index (χ0n) is 11.3. The van der Waals surface area contributed by atoms with Crippen molar-refractivity contribution in [3.05, 3.63) is 47.9 Å². The summed E-state index contributed by atoms with van der Waals surface area (Å²) in [5, 5.41) is 3.26. The maximum absolute atomic E-state index is 5.64. The topological polar surface area (TPSA) is 73.1 Å². The van der Waals surface area contributed by atoms with Gasteiger partial charge in [0.2, 0.25) is 0 Å². The number of rotatable bonds is 5. The maximum Gasteiger partial charge on any atom is 0.155 e. The number of aromatic nitrogens is 2. The predicted molar refractivity (Wildman–Crippen MR) is 83.0 cm³/mol. The number of nitrogens with zero attached hydrogens (tertiary/aromatic N) is 2. The van der Waals surface area contributed by atoms with Crippen LogP contribution in [0.3, 0.4) is 0 Å². The first kappa shape index (κ1) is 14.2. The molecule has 1 atom stereocenters. The summed E-state index contributed by atoms with van der Waals surface area (Å²) in [6.07, 6.45) is 3.17. The summed E-state index contributed by atoms with van der Waals surface area (Å²) >= 11 is 4.97. The van der Waals surface area contributed by atoms with Gasteiger partial charge in [-0.3, -0.25) is 0 Å². The monoisotopic (exact) mass is 288 g/mol. The zero-order valence-corrected chi connectivity index (χ0v) is 12.1. The number of benzene rings is 1. The summed E-state index contributed by atoms with van der Waals surface area (Å²) < 4.78 is 5.14. The van der Waals surface area contributed by atoms with Gasteiger partial charge in [0, 0.05) is 12.4 Å². The number of hydrogen-bond acceptors (Lipinski definition) is 5. The molecule has 5 nitrogen and oxygen atoms in total. The molecule has 1 aromatic heterocycles. The van der Waals surface area contributed by atoms with Crippen LogP contribution in [-0.4, -0.2) is 22.1 Å². The lowest BCUT2D eigenvalue weighted by molar-refractivity contribution is 0.414. The highest BCUT2D eigenvalue weighted by Crippen LogP contribution is 2.21. The van der Waals surface area contributed by atoms with E-state index in [1.54, 1.807) is 19.5 Å². The Hall–Kier alpha value is -2.21. The highest BCUT2D eigenvalue weighted by molar-refractivity contribution is 7.80. The first-order valence-electron chi connectivity index (χ1n) is 6.13. The van der Waals surface area contributed by atoms with E-state index in [1.165, 1.54) is 0 Å². The minimum atomic E-state index is 0.0470. The average Bonchev–Trinajstić information content (AvgIpc) is 2.47. The summed E-state index contributed by atoms with van der Waals surface area (Å²) in [7, 11) is 1.64. The van der Waals surface area contributed by atoms with E-state index in [4.69, 9.17) is 22.7 Å². The molecular formula is C14H16N4OS. The Morgan fingerprint density at radius 3 is 2.50 bits per heavy atom. The summed E-state index contributed by atoms with van der Waals surface area (Å²) in [6, 6.07) is 7.86. The van der Waals surface area contributed by atoms with Crippen molar-refractivity contribution in [3.8, 4) is 5.75 Å². The van der Waals surface area contributed by atoms with E-state index in [2.05, 4.69) is 15.3 Å². The molecule has 0 aliphatic carbocycles. The van der Waals surface area contributed by atoms with Crippen LogP contribution in [0.4, 0.5) is 5.82 Å². The van der Waals surface area contributed by atoms with Crippen molar-refractivity contribution in [2.24, 2.45) is 5.73 Å². The number of nitrogens with two attached hydrogens (primary N) is 1. The Morgan fingerprint density at radius 1 is 1.25 bits per heavy atom. The molecule has 1 heterocycles. The van der Waals surface area contributed by atoms with E-state index in [9.17, 15) is 0 Å². The largest absolute Gasteiger partial charge is 0.497 e. The molecule has 3 N–H and O–H groups in total. The van der Waals surface area contributed by atoms with Crippen LogP contribution in [0.5, 0.6) is 5.75 Å². The van der Waals surface area contributed by atoms with Gasteiger partial charge in [0.15, 0.2) is 5.82 Å². The van der Waals surface area contributed by atoms with Gasteiger partial charge in [0.25, 0.3) is 0 Å². The second-order valence-corrected chi connectivity index (χ2v) is 4.70. The molecular weight excluding hydrogens is 272 g/mol. The number of ether oxygens (including phenoxy) is 1. The second-order valence-electron chi connectivity index (χ2n) is 4.26. The van der Waals surface area contributed by atoms with E-state index in [-0.39, 0.29) is 11.0 Å². The molecule has 0 spiro atoms. The van der Waals surface area contributed by atoms with Crippen molar-refractivity contribution >= 4 is 23.0 Å². The highest BCUT2D eigenvalue weighted by Gasteiger charge is 2.12. The van der Waals surface area contributed by atoms with Crippen LogP contribution < -0.4 is 15.8 Å². The van der Waals surface area contributed by atoms with Gasteiger partial charge < -0.3 is 15.8 Å². The normalized spacial score (nSPS) is 11.7. The molecule has 0 fully saturated rings. The highest BCUT2D eigenvalue weighted by atomic mass is 32.1. The molecule has 0 aliphatic heterocycles. The molecule has 0 saturated heterocycles. The number of methoxy groups -OCH3 is 1. The van der Waals surface area contributed by atoms with Crippen LogP contribution in [0.2, 0.25) is 0 Å². The standard InChI is InChI=1S/C14H16N4OS/c1-9(10-3-5-11(19-2)6-4-10)18-14-12(13(15)20)16-7-8-17-14/h3-9H,1-2H3,(H2,15,20)(H,17,18). The fourth-order valence-electron chi connectivity index (χ4n) is 1.80. The van der Waals surface area contributed by atoms with E-state index in [1.807, 2.05) is 31.2 Å². The predicted octanol–water partition coefficient (Wildman–Crippen LogP) is 2.29. The van der Waals surface area contributed by atoms with Crippen LogP contribution in [-0.2, 0) is 0 Å². The van der Waals surface area contributed by atoms with Crippen LogP contribution in [0.1, 0.15) is 24.2 Å². The van der Waals surface area contributed by atoms with E-state index in [0.29, 0.717) is 11.5 Å². The Kier molecular flexibility index (Phi) is 4.47. The molecule has 6 heteroatoms. The molecule has 0 amide bonds. The van der Waals surface area contributed by atoms with Crippen LogP contribution in [0, 0.1) is 0 Å². The maximum atomic E-state index is 5.64. The third kappa shape index (κ3) is 3.21. The van der Waals surface area contributed by atoms with Crippen LogP contribution in [0.15, 0.2) is 36.7 Å². The summed E-state index contributed by atoms with van der Waals surface area (Å²) in [5.74, 6) is 1.41. The van der Waals surface area contributed by atoms with E-state index < -0.39 is 0 Å². The molecule has 2 aromatic rings. The van der Waals surface area contributed by atoms with Gasteiger partial charge in [0.05, 0.1) is 13.2 Å². The molecule has 20 heavy (non-hydrogen) atoms. The van der Waals surface area contributed by atoms with E-state index >= 15 is 0 Å². The number of nitrogens with one attached hydrogen (secondary N) is 1.